The predicted octanol–water partition coefficient (Wildman–Crippen LogP) is 4.05. The Hall–Kier alpha value is -3.65. The van der Waals surface area contributed by atoms with E-state index in [1.165, 1.54) is 21.1 Å². The number of anilines is 1. The lowest BCUT2D eigenvalue weighted by Crippen LogP contribution is -2.63. The van der Waals surface area contributed by atoms with E-state index >= 15 is 0 Å². The van der Waals surface area contributed by atoms with Crippen molar-refractivity contribution in [3.63, 3.8) is 0 Å². The maximum Gasteiger partial charge on any atom is 0.409 e. The van der Waals surface area contributed by atoms with Crippen molar-refractivity contribution >= 4 is 41.2 Å². The molecule has 10 unspecified atom stereocenters. The van der Waals surface area contributed by atoms with Gasteiger partial charge in [0.2, 0.25) is 11.8 Å². The number of benzene rings is 1. The van der Waals surface area contributed by atoms with Crippen LogP contribution in [0.15, 0.2) is 35.9 Å². The van der Waals surface area contributed by atoms with Crippen molar-refractivity contribution in [2.45, 2.75) is 103 Å². The number of methoxy groups -OCH3 is 2. The Kier molecular flexibility index (Phi) is 10.9. The minimum absolute atomic E-state index is 0.0441. The van der Waals surface area contributed by atoms with E-state index in [1.54, 1.807) is 38.1 Å². The molecule has 1 aliphatic carbocycles. The fraction of sp³-hybridized carbons (Fsp3) is 0.611. The number of halogens is 1. The Bertz CT molecular complexity index is 1570. The molecular formula is C36H48ClN3O10. The van der Waals surface area contributed by atoms with E-state index in [0.29, 0.717) is 17.9 Å². The first-order chi connectivity index (χ1) is 23.5. The normalized spacial score (nSPS) is 36.0. The summed E-state index contributed by atoms with van der Waals surface area (Å²) in [5, 5.41) is 20.0. The van der Waals surface area contributed by atoms with Crippen molar-refractivity contribution in [1.29, 1.82) is 0 Å². The molecule has 0 aromatic heterocycles. The van der Waals surface area contributed by atoms with Crippen molar-refractivity contribution in [2.24, 2.45) is 23.7 Å². The Morgan fingerprint density at radius 2 is 1.84 bits per heavy atom. The number of fused-ring (bicyclic) bond motifs is 5. The van der Waals surface area contributed by atoms with Crippen molar-refractivity contribution in [3.8, 4) is 5.75 Å². The fourth-order valence-corrected chi connectivity index (χ4v) is 7.39. The molecule has 50 heavy (non-hydrogen) atoms. The number of amides is 3. The predicted molar refractivity (Wildman–Crippen MR) is 183 cm³/mol. The minimum Gasteiger partial charge on any atom is -0.495 e. The van der Waals surface area contributed by atoms with Gasteiger partial charge in [-0.15, -0.1) is 0 Å². The lowest BCUT2D eigenvalue weighted by Gasteiger charge is -2.42. The van der Waals surface area contributed by atoms with Crippen LogP contribution < -0.4 is 20.7 Å². The average molecular weight is 718 g/mol. The molecule has 4 aliphatic rings. The van der Waals surface area contributed by atoms with Crippen molar-refractivity contribution < 1.29 is 48.0 Å². The zero-order chi connectivity index (χ0) is 36.7. The second-order valence-electron chi connectivity index (χ2n) is 14.3. The monoisotopic (exact) mass is 717 g/mol. The first kappa shape index (κ1) is 37.6. The lowest BCUT2D eigenvalue weighted by atomic mass is 9.83. The average Bonchev–Trinajstić information content (AvgIpc) is 3.91. The number of alkyl carbamates (subject to hydrolysis) is 1. The smallest absolute Gasteiger partial charge is 0.409 e. The maximum absolute atomic E-state index is 13.7. The highest BCUT2D eigenvalue weighted by molar-refractivity contribution is 6.35. The highest BCUT2D eigenvalue weighted by Crippen LogP contribution is 2.49. The minimum atomic E-state index is -1.82. The molecule has 3 aliphatic heterocycles. The van der Waals surface area contributed by atoms with Gasteiger partial charge < -0.3 is 39.4 Å². The molecule has 13 nitrogen and oxygen atoms in total. The van der Waals surface area contributed by atoms with Crippen LogP contribution in [0.5, 0.6) is 5.75 Å². The van der Waals surface area contributed by atoms with E-state index in [2.05, 4.69) is 16.0 Å². The van der Waals surface area contributed by atoms with Gasteiger partial charge in [0.25, 0.3) is 0 Å². The van der Waals surface area contributed by atoms with Crippen LogP contribution in [-0.4, -0.2) is 85.0 Å². The summed E-state index contributed by atoms with van der Waals surface area (Å²) in [6, 6.07) is 2.52. The number of epoxide rings is 1. The van der Waals surface area contributed by atoms with Crippen molar-refractivity contribution in [2.75, 3.05) is 19.5 Å². The van der Waals surface area contributed by atoms with E-state index in [9.17, 15) is 24.3 Å². The number of rotatable bonds is 6. The SMILES string of the molecule is COc1cc2cc(c1Cl)NC(=O)CC(OC(=O)C(C)NC(=O)C1C(C)C1C)C1(C)OC1C(C)C1CC(O)(NC(=O)O1)C(OC)C=CC=C(C)C2. The van der Waals surface area contributed by atoms with Crippen LogP contribution in [0.1, 0.15) is 59.9 Å². The second-order valence-corrected chi connectivity index (χ2v) is 14.7. The molecule has 4 N–H and O–H groups in total. The molecule has 0 radical (unpaired) electrons. The molecule has 10 atom stereocenters. The van der Waals surface area contributed by atoms with Gasteiger partial charge in [0.05, 0.1) is 25.3 Å². The molecule has 4 bridgehead atoms. The molecule has 3 amide bonds. The van der Waals surface area contributed by atoms with Crippen LogP contribution in [-0.2, 0) is 39.8 Å². The van der Waals surface area contributed by atoms with Gasteiger partial charge in [-0.05, 0) is 56.7 Å². The summed E-state index contributed by atoms with van der Waals surface area (Å²) >= 11 is 6.63. The fourth-order valence-electron chi connectivity index (χ4n) is 7.16. The zero-order valence-corrected chi connectivity index (χ0v) is 30.5. The van der Waals surface area contributed by atoms with Crippen LogP contribution in [0.4, 0.5) is 10.5 Å². The van der Waals surface area contributed by atoms with Gasteiger partial charge in [-0.2, -0.15) is 0 Å². The summed E-state index contributed by atoms with van der Waals surface area (Å²) in [5.41, 5.74) is -0.982. The van der Waals surface area contributed by atoms with E-state index in [4.69, 9.17) is 35.3 Å². The van der Waals surface area contributed by atoms with E-state index in [0.717, 1.165) is 11.1 Å². The number of esters is 1. The largest absolute Gasteiger partial charge is 0.495 e. The molecule has 0 spiro atoms. The first-order valence-corrected chi connectivity index (χ1v) is 17.3. The molecule has 1 saturated carbocycles. The van der Waals surface area contributed by atoms with E-state index < -0.39 is 65.7 Å². The zero-order valence-electron chi connectivity index (χ0n) is 29.7. The number of allylic oxidation sites excluding steroid dienone is 3. The van der Waals surface area contributed by atoms with E-state index in [1.807, 2.05) is 26.8 Å². The number of hydrogen-bond donors (Lipinski definition) is 4. The number of ether oxygens (including phenoxy) is 5. The summed E-state index contributed by atoms with van der Waals surface area (Å²) < 4.78 is 28.9. The van der Waals surface area contributed by atoms with Crippen molar-refractivity contribution in [1.82, 2.24) is 10.6 Å². The third-order valence-electron chi connectivity index (χ3n) is 10.6. The van der Waals surface area contributed by atoms with Gasteiger partial charge in [-0.1, -0.05) is 56.2 Å². The Morgan fingerprint density at radius 3 is 2.48 bits per heavy atom. The Labute approximate surface area is 297 Å². The van der Waals surface area contributed by atoms with Gasteiger partial charge in [0.15, 0.2) is 5.72 Å². The topological polar surface area (TPSA) is 174 Å². The summed E-state index contributed by atoms with van der Waals surface area (Å²) in [5.74, 6) is -1.38. The highest BCUT2D eigenvalue weighted by Gasteiger charge is 2.64. The van der Waals surface area contributed by atoms with Gasteiger partial charge in [-0.3, -0.25) is 14.9 Å². The first-order valence-electron chi connectivity index (χ1n) is 16.9. The standard InChI is InChI=1S/C36H48ClN3O10/c1-17-10-9-11-26(47-8)36(45)16-25(48-34(44)40-36)20(4)31-35(6,50-31)27(49-33(43)21(5)38-32(42)29-18(2)19(29)3)15-28(41)39-23-13-22(12-17)14-24(46-7)30(23)37/h9-11,13-14,18-21,25-27,29,31,45H,12,15-16H2,1-8H3,(H,38,42)(H,39,41)(H,40,44). The van der Waals surface area contributed by atoms with Crippen LogP contribution >= 0.6 is 11.6 Å². The number of nitrogens with one attached hydrogen (secondary N) is 3. The molecule has 1 aromatic rings. The summed E-state index contributed by atoms with van der Waals surface area (Å²) in [7, 11) is 2.91. The molecule has 14 heteroatoms. The van der Waals surface area contributed by atoms with Gasteiger partial charge >= 0.3 is 12.1 Å². The van der Waals surface area contributed by atoms with Crippen LogP contribution in [0.2, 0.25) is 5.02 Å². The van der Waals surface area contributed by atoms with Crippen LogP contribution in [0.3, 0.4) is 0 Å². The highest BCUT2D eigenvalue weighted by atomic mass is 35.5. The summed E-state index contributed by atoms with van der Waals surface area (Å²) in [4.78, 5) is 52.7. The number of aliphatic hydroxyl groups is 1. The molecule has 3 fully saturated rings. The van der Waals surface area contributed by atoms with E-state index in [-0.39, 0.29) is 41.5 Å². The van der Waals surface area contributed by atoms with Crippen LogP contribution in [0.25, 0.3) is 0 Å². The lowest BCUT2D eigenvalue weighted by molar-refractivity contribution is -0.157. The maximum atomic E-state index is 13.7. The molecule has 5 rings (SSSR count). The number of carbonyl (C=O) groups is 4. The van der Waals surface area contributed by atoms with Gasteiger partial charge in [-0.25, -0.2) is 9.59 Å². The van der Waals surface area contributed by atoms with Crippen LogP contribution in [0, 0.1) is 23.7 Å². The molecule has 3 heterocycles. The summed E-state index contributed by atoms with van der Waals surface area (Å²) in [6.07, 6.45) is 0.964. The molecule has 1 aromatic carbocycles. The number of hydrogen-bond acceptors (Lipinski definition) is 10. The Morgan fingerprint density at radius 1 is 1.14 bits per heavy atom. The third-order valence-corrected chi connectivity index (χ3v) is 11.0. The van der Waals surface area contributed by atoms with Crippen molar-refractivity contribution in [3.05, 3.63) is 46.5 Å². The Balaban J connectivity index is 1.48. The molecular weight excluding hydrogens is 670 g/mol. The summed E-state index contributed by atoms with van der Waals surface area (Å²) in [6.45, 7) is 10.9. The third kappa shape index (κ3) is 7.80. The molecule has 274 valence electrons. The van der Waals surface area contributed by atoms with Gasteiger partial charge in [0.1, 0.15) is 40.7 Å². The number of carbonyl (C=O) groups excluding carboxylic acids is 4. The quantitative estimate of drug-likeness (QED) is 0.248. The molecule has 2 saturated heterocycles. The second kappa shape index (κ2) is 14.5. The van der Waals surface area contributed by atoms with Gasteiger partial charge in [0, 0.05) is 25.4 Å².